The molecule has 128 valence electrons. The van der Waals surface area contributed by atoms with Gasteiger partial charge in [-0.3, -0.25) is 14.3 Å². The van der Waals surface area contributed by atoms with Gasteiger partial charge in [-0.25, -0.2) is 4.68 Å². The highest BCUT2D eigenvalue weighted by molar-refractivity contribution is 6.36. The van der Waals surface area contributed by atoms with Crippen LogP contribution >= 0.6 is 23.2 Å². The fourth-order valence-electron chi connectivity index (χ4n) is 2.56. The van der Waals surface area contributed by atoms with Gasteiger partial charge in [-0.15, -0.1) is 0 Å². The average Bonchev–Trinajstić information content (AvgIpc) is 2.81. The van der Waals surface area contributed by atoms with E-state index in [2.05, 4.69) is 5.32 Å². The predicted octanol–water partition coefficient (Wildman–Crippen LogP) is 4.04. The number of benzene rings is 2. The molecule has 3 rings (SSSR count). The van der Waals surface area contributed by atoms with E-state index in [1.54, 1.807) is 30.8 Å². The monoisotopic (exact) mass is 375 g/mol. The van der Waals surface area contributed by atoms with E-state index in [0.29, 0.717) is 16.4 Å². The molecule has 0 atom stereocenters. The Labute approximate surface area is 154 Å². The SMILES string of the molecule is Cc1c(NC(=O)c2cc(Cl)ccc2Cl)c(=O)n(-c2ccccc2)n1C. The second-order valence-corrected chi connectivity index (χ2v) is 6.36. The van der Waals surface area contributed by atoms with Crippen LogP contribution in [0.2, 0.25) is 10.0 Å². The van der Waals surface area contributed by atoms with Crippen molar-refractivity contribution in [2.45, 2.75) is 6.92 Å². The van der Waals surface area contributed by atoms with Crippen molar-refractivity contribution in [3.63, 3.8) is 0 Å². The Morgan fingerprint density at radius 1 is 1.08 bits per heavy atom. The molecule has 0 aliphatic heterocycles. The molecule has 0 aliphatic carbocycles. The van der Waals surface area contributed by atoms with Crippen molar-refractivity contribution in [2.75, 3.05) is 5.32 Å². The molecule has 0 aliphatic rings. The van der Waals surface area contributed by atoms with Crippen LogP contribution in [0.25, 0.3) is 5.69 Å². The Morgan fingerprint density at radius 2 is 1.76 bits per heavy atom. The maximum atomic E-state index is 12.8. The van der Waals surface area contributed by atoms with Crippen molar-refractivity contribution in [1.82, 2.24) is 9.36 Å². The summed E-state index contributed by atoms with van der Waals surface area (Å²) in [6.07, 6.45) is 0. The number of amides is 1. The summed E-state index contributed by atoms with van der Waals surface area (Å²) in [5, 5.41) is 3.31. The van der Waals surface area contributed by atoms with Crippen LogP contribution in [0.4, 0.5) is 5.69 Å². The molecule has 1 N–H and O–H groups in total. The highest BCUT2D eigenvalue weighted by Crippen LogP contribution is 2.22. The first-order valence-electron chi connectivity index (χ1n) is 7.50. The summed E-state index contributed by atoms with van der Waals surface area (Å²) in [6.45, 7) is 1.76. The third-order valence-corrected chi connectivity index (χ3v) is 4.53. The molecule has 1 aromatic heterocycles. The minimum atomic E-state index is -0.487. The first kappa shape index (κ1) is 17.3. The van der Waals surface area contributed by atoms with Gasteiger partial charge in [0.25, 0.3) is 11.5 Å². The third-order valence-electron chi connectivity index (χ3n) is 3.97. The maximum Gasteiger partial charge on any atom is 0.295 e. The average molecular weight is 376 g/mol. The number of nitrogens with one attached hydrogen (secondary N) is 1. The lowest BCUT2D eigenvalue weighted by Crippen LogP contribution is -2.23. The number of nitrogens with zero attached hydrogens (tertiary/aromatic N) is 2. The Balaban J connectivity index is 2.03. The van der Waals surface area contributed by atoms with Gasteiger partial charge in [0.1, 0.15) is 5.69 Å². The van der Waals surface area contributed by atoms with Gasteiger partial charge < -0.3 is 5.32 Å². The van der Waals surface area contributed by atoms with E-state index >= 15 is 0 Å². The zero-order chi connectivity index (χ0) is 18.1. The van der Waals surface area contributed by atoms with E-state index in [1.807, 2.05) is 30.3 Å². The van der Waals surface area contributed by atoms with Gasteiger partial charge in [0.15, 0.2) is 0 Å². The zero-order valence-electron chi connectivity index (χ0n) is 13.6. The highest BCUT2D eigenvalue weighted by Gasteiger charge is 2.20. The lowest BCUT2D eigenvalue weighted by atomic mass is 10.2. The molecular formula is C18H15Cl2N3O2. The van der Waals surface area contributed by atoms with Crippen LogP contribution in [-0.2, 0) is 7.05 Å². The van der Waals surface area contributed by atoms with E-state index in [0.717, 1.165) is 0 Å². The van der Waals surface area contributed by atoms with Crippen LogP contribution in [0.15, 0.2) is 53.3 Å². The number of hydrogen-bond acceptors (Lipinski definition) is 2. The Bertz CT molecular complexity index is 1010. The second-order valence-electron chi connectivity index (χ2n) is 5.51. The van der Waals surface area contributed by atoms with Gasteiger partial charge in [-0.2, -0.15) is 0 Å². The van der Waals surface area contributed by atoms with Crippen molar-refractivity contribution in [2.24, 2.45) is 7.05 Å². The van der Waals surface area contributed by atoms with Crippen LogP contribution in [0, 0.1) is 6.92 Å². The summed E-state index contributed by atoms with van der Waals surface area (Å²) in [7, 11) is 1.76. The summed E-state index contributed by atoms with van der Waals surface area (Å²) in [5.74, 6) is -0.487. The summed E-state index contributed by atoms with van der Waals surface area (Å²) in [4.78, 5) is 25.3. The molecule has 1 amide bonds. The highest BCUT2D eigenvalue weighted by atomic mass is 35.5. The smallest absolute Gasteiger partial charge is 0.295 e. The normalized spacial score (nSPS) is 10.7. The molecule has 0 bridgehead atoms. The molecule has 0 saturated carbocycles. The van der Waals surface area contributed by atoms with E-state index in [4.69, 9.17) is 23.2 Å². The molecule has 25 heavy (non-hydrogen) atoms. The van der Waals surface area contributed by atoms with Crippen molar-refractivity contribution < 1.29 is 4.79 Å². The van der Waals surface area contributed by atoms with Crippen molar-refractivity contribution >= 4 is 34.8 Å². The molecule has 7 heteroatoms. The summed E-state index contributed by atoms with van der Waals surface area (Å²) in [6, 6.07) is 13.8. The molecule has 0 spiro atoms. The number of carbonyl (C=O) groups is 1. The van der Waals surface area contributed by atoms with Gasteiger partial charge >= 0.3 is 0 Å². The van der Waals surface area contributed by atoms with Gasteiger partial charge in [0, 0.05) is 12.1 Å². The van der Waals surface area contributed by atoms with Crippen molar-refractivity contribution in [1.29, 1.82) is 0 Å². The minimum Gasteiger partial charge on any atom is -0.316 e. The predicted molar refractivity (Wildman–Crippen MR) is 100 cm³/mol. The Kier molecular flexibility index (Phi) is 4.70. The first-order valence-corrected chi connectivity index (χ1v) is 8.26. The number of hydrogen-bond donors (Lipinski definition) is 1. The third kappa shape index (κ3) is 3.21. The molecule has 0 unspecified atom stereocenters. The fraction of sp³-hybridized carbons (Fsp3) is 0.111. The molecular weight excluding hydrogens is 361 g/mol. The standard InChI is InChI=1S/C18H15Cl2N3O2/c1-11-16(21-17(24)14-10-12(19)8-9-15(14)20)18(25)23(22(11)2)13-6-4-3-5-7-13/h3-10H,1-2H3,(H,21,24). The van der Waals surface area contributed by atoms with E-state index in [-0.39, 0.29) is 21.8 Å². The van der Waals surface area contributed by atoms with E-state index in [1.165, 1.54) is 10.7 Å². The van der Waals surface area contributed by atoms with E-state index < -0.39 is 5.91 Å². The van der Waals surface area contributed by atoms with Crippen LogP contribution in [0.5, 0.6) is 0 Å². The minimum absolute atomic E-state index is 0.201. The molecule has 3 aromatic rings. The number of aromatic nitrogens is 2. The molecule has 5 nitrogen and oxygen atoms in total. The van der Waals surface area contributed by atoms with Gasteiger partial charge in [-0.1, -0.05) is 41.4 Å². The Morgan fingerprint density at radius 3 is 2.44 bits per heavy atom. The number of anilines is 1. The quantitative estimate of drug-likeness (QED) is 0.750. The molecule has 0 saturated heterocycles. The second kappa shape index (κ2) is 6.78. The topological polar surface area (TPSA) is 56.0 Å². The van der Waals surface area contributed by atoms with Crippen LogP contribution < -0.4 is 10.9 Å². The lowest BCUT2D eigenvalue weighted by Gasteiger charge is -2.07. The number of para-hydroxylation sites is 1. The molecule has 1 heterocycles. The van der Waals surface area contributed by atoms with Crippen LogP contribution in [0.3, 0.4) is 0 Å². The van der Waals surface area contributed by atoms with Crippen LogP contribution in [-0.4, -0.2) is 15.3 Å². The zero-order valence-corrected chi connectivity index (χ0v) is 15.1. The summed E-state index contributed by atoms with van der Waals surface area (Å²) in [5.41, 5.74) is 1.42. The summed E-state index contributed by atoms with van der Waals surface area (Å²) >= 11 is 12.0. The molecule has 2 aromatic carbocycles. The maximum absolute atomic E-state index is 12.8. The molecule has 0 radical (unpaired) electrons. The van der Waals surface area contributed by atoms with Crippen molar-refractivity contribution in [3.05, 3.63) is 80.2 Å². The molecule has 0 fully saturated rings. The van der Waals surface area contributed by atoms with E-state index in [9.17, 15) is 9.59 Å². The number of rotatable bonds is 3. The fourth-order valence-corrected chi connectivity index (χ4v) is 2.94. The van der Waals surface area contributed by atoms with Crippen LogP contribution in [0.1, 0.15) is 16.1 Å². The first-order chi connectivity index (χ1) is 11.9. The van der Waals surface area contributed by atoms with Gasteiger partial charge in [-0.05, 0) is 37.3 Å². The largest absolute Gasteiger partial charge is 0.316 e. The van der Waals surface area contributed by atoms with Crippen molar-refractivity contribution in [3.8, 4) is 5.69 Å². The summed E-state index contributed by atoms with van der Waals surface area (Å²) < 4.78 is 3.18. The number of halogens is 2. The lowest BCUT2D eigenvalue weighted by molar-refractivity contribution is 0.102. The van der Waals surface area contributed by atoms with Gasteiger partial charge in [0.2, 0.25) is 0 Å². The Hall–Kier alpha value is -2.50. The van der Waals surface area contributed by atoms with Gasteiger partial charge in [0.05, 0.1) is 22.0 Å². The number of carbonyl (C=O) groups excluding carboxylic acids is 1.